The molecule has 1 N–H and O–H groups in total. The average Bonchev–Trinajstić information content (AvgIpc) is 2.45. The van der Waals surface area contributed by atoms with Crippen LogP contribution >= 0.6 is 0 Å². The summed E-state index contributed by atoms with van der Waals surface area (Å²) in [5.74, 6) is 0.319. The Labute approximate surface area is 67.2 Å². The summed E-state index contributed by atoms with van der Waals surface area (Å²) < 4.78 is 0. The normalized spacial score (nSPS) is 30.5. The van der Waals surface area contributed by atoms with Crippen molar-refractivity contribution in [3.8, 4) is 6.19 Å². The van der Waals surface area contributed by atoms with Crippen LogP contribution < -0.4 is 0 Å². The second-order valence-electron chi connectivity index (χ2n) is 3.00. The molecule has 3 nitrogen and oxygen atoms in total. The second kappa shape index (κ2) is 3.59. The van der Waals surface area contributed by atoms with E-state index in [2.05, 4.69) is 13.1 Å². The molecule has 0 spiro atoms. The molecule has 0 saturated carbocycles. The molecule has 0 bridgehead atoms. The lowest BCUT2D eigenvalue weighted by Crippen LogP contribution is -2.29. The molecule has 2 unspecified atom stereocenters. The highest BCUT2D eigenvalue weighted by molar-refractivity contribution is 4.92. The lowest BCUT2D eigenvalue weighted by molar-refractivity contribution is 0.189. The molecule has 2 atom stereocenters. The molecule has 1 saturated heterocycles. The van der Waals surface area contributed by atoms with Crippen molar-refractivity contribution in [2.24, 2.45) is 5.92 Å². The van der Waals surface area contributed by atoms with Gasteiger partial charge in [0.25, 0.3) is 0 Å². The second-order valence-corrected chi connectivity index (χ2v) is 3.00. The smallest absolute Gasteiger partial charge is 0.179 e. The van der Waals surface area contributed by atoms with E-state index in [0.717, 1.165) is 19.4 Å². The van der Waals surface area contributed by atoms with Gasteiger partial charge >= 0.3 is 0 Å². The van der Waals surface area contributed by atoms with Crippen molar-refractivity contribution in [2.75, 3.05) is 13.2 Å². The summed E-state index contributed by atoms with van der Waals surface area (Å²) in [7, 11) is 0. The number of nitrogens with zero attached hydrogens (tertiary/aromatic N) is 2. The summed E-state index contributed by atoms with van der Waals surface area (Å²) in [6, 6.07) is 0.282. The minimum atomic E-state index is 0.219. The van der Waals surface area contributed by atoms with Gasteiger partial charge in [0.05, 0.1) is 0 Å². The van der Waals surface area contributed by atoms with E-state index >= 15 is 0 Å². The van der Waals surface area contributed by atoms with E-state index in [1.54, 1.807) is 4.90 Å². The van der Waals surface area contributed by atoms with E-state index in [4.69, 9.17) is 10.4 Å². The van der Waals surface area contributed by atoms with Crippen molar-refractivity contribution in [3.05, 3.63) is 0 Å². The number of hydrogen-bond donors (Lipinski definition) is 1. The van der Waals surface area contributed by atoms with E-state index in [1.807, 2.05) is 0 Å². The Kier molecular flexibility index (Phi) is 2.72. The monoisotopic (exact) mass is 154 g/mol. The van der Waals surface area contributed by atoms with Gasteiger partial charge in [-0.05, 0) is 12.8 Å². The Balaban J connectivity index is 2.56. The van der Waals surface area contributed by atoms with Gasteiger partial charge in [0, 0.05) is 25.1 Å². The lowest BCUT2D eigenvalue weighted by atomic mass is 10.00. The molecule has 0 aromatic carbocycles. The topological polar surface area (TPSA) is 47.3 Å². The SMILES string of the molecule is CCC1C(CO)CCN1C#N. The van der Waals surface area contributed by atoms with Gasteiger partial charge in [-0.1, -0.05) is 6.92 Å². The minimum Gasteiger partial charge on any atom is -0.396 e. The maximum atomic E-state index is 8.94. The Morgan fingerprint density at radius 2 is 2.45 bits per heavy atom. The van der Waals surface area contributed by atoms with E-state index in [-0.39, 0.29) is 12.6 Å². The molecule has 0 amide bonds. The van der Waals surface area contributed by atoms with Crippen LogP contribution in [0.1, 0.15) is 19.8 Å². The molecule has 11 heavy (non-hydrogen) atoms. The van der Waals surface area contributed by atoms with Gasteiger partial charge in [-0.2, -0.15) is 5.26 Å². The van der Waals surface area contributed by atoms with Crippen LogP contribution in [0.4, 0.5) is 0 Å². The van der Waals surface area contributed by atoms with Crippen LogP contribution in [0.15, 0.2) is 0 Å². The molecule has 3 heteroatoms. The number of likely N-dealkylation sites (tertiary alicyclic amines) is 1. The first kappa shape index (κ1) is 8.35. The van der Waals surface area contributed by atoms with Crippen molar-refractivity contribution >= 4 is 0 Å². The molecule has 1 fully saturated rings. The fraction of sp³-hybridized carbons (Fsp3) is 0.875. The van der Waals surface area contributed by atoms with Gasteiger partial charge in [-0.3, -0.25) is 0 Å². The number of aliphatic hydroxyl groups excluding tert-OH is 1. The van der Waals surface area contributed by atoms with Crippen LogP contribution in [0.25, 0.3) is 0 Å². The minimum absolute atomic E-state index is 0.219. The molecule has 1 rings (SSSR count). The first-order chi connectivity index (χ1) is 5.33. The van der Waals surface area contributed by atoms with Crippen LogP contribution in [-0.4, -0.2) is 29.2 Å². The van der Waals surface area contributed by atoms with Crippen LogP contribution in [0.5, 0.6) is 0 Å². The maximum absolute atomic E-state index is 8.94. The molecule has 0 radical (unpaired) electrons. The van der Waals surface area contributed by atoms with Crippen molar-refractivity contribution in [3.63, 3.8) is 0 Å². The highest BCUT2D eigenvalue weighted by atomic mass is 16.3. The van der Waals surface area contributed by atoms with E-state index in [0.29, 0.717) is 5.92 Å². The van der Waals surface area contributed by atoms with Crippen LogP contribution in [0.3, 0.4) is 0 Å². The zero-order valence-electron chi connectivity index (χ0n) is 6.82. The lowest BCUT2D eigenvalue weighted by Gasteiger charge is -2.20. The molecular weight excluding hydrogens is 140 g/mol. The van der Waals surface area contributed by atoms with Crippen LogP contribution in [0, 0.1) is 17.4 Å². The average molecular weight is 154 g/mol. The van der Waals surface area contributed by atoms with Gasteiger partial charge in [0.2, 0.25) is 0 Å². The zero-order chi connectivity index (χ0) is 8.27. The van der Waals surface area contributed by atoms with E-state index < -0.39 is 0 Å². The molecule has 0 aromatic rings. The first-order valence-corrected chi connectivity index (χ1v) is 4.10. The first-order valence-electron chi connectivity index (χ1n) is 4.10. The summed E-state index contributed by atoms with van der Waals surface area (Å²) in [6.45, 7) is 3.10. The largest absolute Gasteiger partial charge is 0.396 e. The third-order valence-electron chi connectivity index (χ3n) is 2.47. The van der Waals surface area contributed by atoms with Gasteiger partial charge in [0.1, 0.15) is 0 Å². The van der Waals surface area contributed by atoms with Crippen LogP contribution in [-0.2, 0) is 0 Å². The zero-order valence-corrected chi connectivity index (χ0v) is 6.82. The van der Waals surface area contributed by atoms with Crippen molar-refractivity contribution in [1.82, 2.24) is 4.90 Å². The Morgan fingerprint density at radius 3 is 2.91 bits per heavy atom. The van der Waals surface area contributed by atoms with Crippen molar-refractivity contribution in [2.45, 2.75) is 25.8 Å². The van der Waals surface area contributed by atoms with Crippen molar-refractivity contribution in [1.29, 1.82) is 5.26 Å². The summed E-state index contributed by atoms with van der Waals surface area (Å²) >= 11 is 0. The van der Waals surface area contributed by atoms with Crippen LogP contribution in [0.2, 0.25) is 0 Å². The number of nitriles is 1. The van der Waals surface area contributed by atoms with Gasteiger partial charge in [-0.15, -0.1) is 0 Å². The summed E-state index contributed by atoms with van der Waals surface area (Å²) in [6.07, 6.45) is 4.07. The maximum Gasteiger partial charge on any atom is 0.179 e. The molecule has 0 aromatic heterocycles. The molecule has 62 valence electrons. The fourth-order valence-electron chi connectivity index (χ4n) is 1.81. The Morgan fingerprint density at radius 1 is 1.73 bits per heavy atom. The predicted octanol–water partition coefficient (Wildman–Crippen LogP) is 0.560. The van der Waals surface area contributed by atoms with E-state index in [1.165, 1.54) is 0 Å². The molecule has 1 aliphatic rings. The summed E-state index contributed by atoms with van der Waals surface area (Å²) in [5, 5.41) is 17.6. The standard InChI is InChI=1S/C8H14N2O/c1-2-8-7(5-11)3-4-10(8)6-9/h7-8,11H,2-5H2,1H3. The molecule has 0 aliphatic carbocycles. The van der Waals surface area contributed by atoms with Gasteiger partial charge < -0.3 is 10.0 Å². The quantitative estimate of drug-likeness (QED) is 0.591. The van der Waals surface area contributed by atoms with E-state index in [9.17, 15) is 0 Å². The number of aliphatic hydroxyl groups is 1. The predicted molar refractivity (Wildman–Crippen MR) is 41.6 cm³/mol. The Bertz CT molecular complexity index is 164. The summed E-state index contributed by atoms with van der Waals surface area (Å²) in [4.78, 5) is 1.78. The van der Waals surface area contributed by atoms with Gasteiger partial charge in [0.15, 0.2) is 6.19 Å². The summed E-state index contributed by atoms with van der Waals surface area (Å²) in [5.41, 5.74) is 0. The third-order valence-corrected chi connectivity index (χ3v) is 2.47. The third kappa shape index (κ3) is 1.46. The van der Waals surface area contributed by atoms with Crippen molar-refractivity contribution < 1.29 is 5.11 Å². The highest BCUT2D eigenvalue weighted by Gasteiger charge is 2.31. The number of hydrogen-bond acceptors (Lipinski definition) is 3. The molecular formula is C8H14N2O. The molecule has 1 aliphatic heterocycles. The molecule has 1 heterocycles. The Hall–Kier alpha value is -0.750. The highest BCUT2D eigenvalue weighted by Crippen LogP contribution is 2.24. The fourth-order valence-corrected chi connectivity index (χ4v) is 1.81. The number of rotatable bonds is 2. The van der Waals surface area contributed by atoms with Gasteiger partial charge in [-0.25, -0.2) is 0 Å².